The summed E-state index contributed by atoms with van der Waals surface area (Å²) in [6.45, 7) is 1.97. The highest BCUT2D eigenvalue weighted by molar-refractivity contribution is 6.35. The van der Waals surface area contributed by atoms with Gasteiger partial charge >= 0.3 is 11.9 Å². The summed E-state index contributed by atoms with van der Waals surface area (Å²) in [5, 5.41) is 19.1. The molecule has 0 radical (unpaired) electrons. The van der Waals surface area contributed by atoms with Gasteiger partial charge in [0.05, 0.1) is 10.5 Å². The maximum atomic E-state index is 11.3. The summed E-state index contributed by atoms with van der Waals surface area (Å²) < 4.78 is 0. The van der Waals surface area contributed by atoms with Crippen molar-refractivity contribution in [3.8, 4) is 0 Å². The zero-order valence-corrected chi connectivity index (χ0v) is 11.6. The molecule has 0 saturated carbocycles. The molecule has 0 spiro atoms. The number of H-pyrrole nitrogens is 1. The lowest BCUT2D eigenvalue weighted by Crippen LogP contribution is -2.04. The van der Waals surface area contributed by atoms with Crippen molar-refractivity contribution in [3.63, 3.8) is 0 Å². The Morgan fingerprint density at radius 2 is 2.00 bits per heavy atom. The molecule has 2 rings (SSSR count). The Bertz CT molecular complexity index is 690. The van der Waals surface area contributed by atoms with Gasteiger partial charge in [0.15, 0.2) is 0 Å². The Balaban J connectivity index is 2.65. The number of hydrogen-bond donors (Lipinski definition) is 3. The van der Waals surface area contributed by atoms with Crippen molar-refractivity contribution in [2.45, 2.75) is 26.2 Å². The molecule has 1 aromatic carbocycles. The number of benzene rings is 1. The van der Waals surface area contributed by atoms with E-state index in [2.05, 4.69) is 4.98 Å². The molecule has 0 saturated heterocycles. The van der Waals surface area contributed by atoms with Gasteiger partial charge in [-0.1, -0.05) is 18.5 Å². The van der Waals surface area contributed by atoms with Crippen LogP contribution in [0.15, 0.2) is 12.1 Å². The average Bonchev–Trinajstić information content (AvgIpc) is 2.75. The maximum Gasteiger partial charge on any atom is 0.352 e. The first-order chi connectivity index (χ1) is 9.43. The first-order valence-electron chi connectivity index (χ1n) is 6.22. The lowest BCUT2D eigenvalue weighted by atomic mass is 10.0. The van der Waals surface area contributed by atoms with Gasteiger partial charge in [0.1, 0.15) is 5.69 Å². The van der Waals surface area contributed by atoms with Crippen LogP contribution in [0.3, 0.4) is 0 Å². The van der Waals surface area contributed by atoms with E-state index >= 15 is 0 Å². The van der Waals surface area contributed by atoms with E-state index in [1.165, 1.54) is 0 Å². The number of aromatic amines is 1. The van der Waals surface area contributed by atoms with Crippen molar-refractivity contribution < 1.29 is 19.8 Å². The van der Waals surface area contributed by atoms with Crippen molar-refractivity contribution in [1.82, 2.24) is 4.98 Å². The largest absolute Gasteiger partial charge is 0.481 e. The number of rotatable bonds is 5. The Morgan fingerprint density at radius 3 is 2.55 bits per heavy atom. The molecule has 0 atom stereocenters. The van der Waals surface area contributed by atoms with Crippen LogP contribution in [0.25, 0.3) is 10.9 Å². The molecule has 106 valence electrons. The van der Waals surface area contributed by atoms with Crippen LogP contribution in [0.5, 0.6) is 0 Å². The summed E-state index contributed by atoms with van der Waals surface area (Å²) in [6, 6.07) is 3.65. The van der Waals surface area contributed by atoms with Gasteiger partial charge in [-0.15, -0.1) is 0 Å². The Kier molecular flexibility index (Phi) is 3.99. The molecule has 5 nitrogen and oxygen atoms in total. The normalized spacial score (nSPS) is 10.9. The SMILES string of the molecule is CCc1cc(Cl)c2[nH]c(C(=O)O)c(CCC(=O)O)c2c1. The van der Waals surface area contributed by atoms with Crippen LogP contribution in [0.2, 0.25) is 5.02 Å². The van der Waals surface area contributed by atoms with Crippen LogP contribution in [0, 0.1) is 0 Å². The highest BCUT2D eigenvalue weighted by atomic mass is 35.5. The third-order valence-electron chi connectivity index (χ3n) is 3.24. The van der Waals surface area contributed by atoms with Gasteiger partial charge in [-0.05, 0) is 36.1 Å². The fourth-order valence-electron chi connectivity index (χ4n) is 2.24. The molecule has 6 heteroatoms. The highest BCUT2D eigenvalue weighted by Gasteiger charge is 2.19. The number of carboxylic acid groups (broad SMARTS) is 2. The summed E-state index contributed by atoms with van der Waals surface area (Å²) in [4.78, 5) is 24.8. The molecule has 0 fully saturated rings. The van der Waals surface area contributed by atoms with E-state index in [1.807, 2.05) is 13.0 Å². The first kappa shape index (κ1) is 14.4. The lowest BCUT2D eigenvalue weighted by molar-refractivity contribution is -0.136. The number of aliphatic carboxylic acids is 1. The Morgan fingerprint density at radius 1 is 1.30 bits per heavy atom. The number of carbonyl (C=O) groups is 2. The third kappa shape index (κ3) is 2.63. The fourth-order valence-corrected chi connectivity index (χ4v) is 2.53. The summed E-state index contributed by atoms with van der Waals surface area (Å²) >= 11 is 6.15. The Labute approximate surface area is 120 Å². The van der Waals surface area contributed by atoms with Gasteiger partial charge in [0.2, 0.25) is 0 Å². The summed E-state index contributed by atoms with van der Waals surface area (Å²) in [5.41, 5.74) is 2.03. The molecule has 0 unspecified atom stereocenters. The highest BCUT2D eigenvalue weighted by Crippen LogP contribution is 2.31. The van der Waals surface area contributed by atoms with Crippen LogP contribution in [-0.4, -0.2) is 27.1 Å². The molecule has 3 N–H and O–H groups in total. The summed E-state index contributed by atoms with van der Waals surface area (Å²) in [5.74, 6) is -2.08. The molecule has 0 bridgehead atoms. The molecule has 20 heavy (non-hydrogen) atoms. The van der Waals surface area contributed by atoms with E-state index < -0.39 is 11.9 Å². The number of aromatic nitrogens is 1. The van der Waals surface area contributed by atoms with E-state index in [1.54, 1.807) is 6.07 Å². The van der Waals surface area contributed by atoms with Crippen molar-refractivity contribution in [1.29, 1.82) is 0 Å². The van der Waals surface area contributed by atoms with Crippen molar-refractivity contribution in [2.24, 2.45) is 0 Å². The number of carboxylic acids is 2. The second-order valence-corrected chi connectivity index (χ2v) is 4.94. The predicted molar refractivity (Wildman–Crippen MR) is 75.6 cm³/mol. The molecular formula is C14H14ClNO4. The van der Waals surface area contributed by atoms with E-state index in [9.17, 15) is 14.7 Å². The smallest absolute Gasteiger partial charge is 0.352 e. The van der Waals surface area contributed by atoms with Crippen LogP contribution < -0.4 is 0 Å². The monoisotopic (exact) mass is 295 g/mol. The number of aryl methyl sites for hydroxylation is 2. The number of nitrogens with one attached hydrogen (secondary N) is 1. The average molecular weight is 296 g/mol. The first-order valence-corrected chi connectivity index (χ1v) is 6.59. The van der Waals surface area contributed by atoms with Crippen molar-refractivity contribution >= 4 is 34.4 Å². The number of halogens is 1. The maximum absolute atomic E-state index is 11.3. The molecule has 1 heterocycles. The summed E-state index contributed by atoms with van der Waals surface area (Å²) in [7, 11) is 0. The predicted octanol–water partition coefficient (Wildman–Crippen LogP) is 3.10. The van der Waals surface area contributed by atoms with Gasteiger partial charge in [-0.2, -0.15) is 0 Å². The minimum absolute atomic E-state index is 0.0106. The van der Waals surface area contributed by atoms with Gasteiger partial charge in [0, 0.05) is 11.8 Å². The lowest BCUT2D eigenvalue weighted by Gasteiger charge is -2.02. The molecule has 0 aliphatic carbocycles. The van der Waals surface area contributed by atoms with E-state index in [4.69, 9.17) is 16.7 Å². The minimum atomic E-state index is -1.12. The second-order valence-electron chi connectivity index (χ2n) is 4.53. The number of hydrogen-bond acceptors (Lipinski definition) is 2. The van der Waals surface area contributed by atoms with Gasteiger partial charge < -0.3 is 15.2 Å². The second kappa shape index (κ2) is 5.54. The molecule has 2 aromatic rings. The van der Waals surface area contributed by atoms with Gasteiger partial charge in [-0.25, -0.2) is 4.79 Å². The zero-order chi connectivity index (χ0) is 14.9. The van der Waals surface area contributed by atoms with Crippen molar-refractivity contribution in [3.05, 3.63) is 34.0 Å². The number of aromatic carboxylic acids is 1. The van der Waals surface area contributed by atoms with E-state index in [-0.39, 0.29) is 18.5 Å². The molecule has 0 aliphatic rings. The minimum Gasteiger partial charge on any atom is -0.481 e. The van der Waals surface area contributed by atoms with Crippen LogP contribution in [0.4, 0.5) is 0 Å². The fraction of sp³-hybridized carbons (Fsp3) is 0.286. The van der Waals surface area contributed by atoms with Gasteiger partial charge in [-0.3, -0.25) is 4.79 Å². The molecule has 1 aromatic heterocycles. The van der Waals surface area contributed by atoms with Crippen LogP contribution in [-0.2, 0) is 17.6 Å². The topological polar surface area (TPSA) is 90.4 Å². The van der Waals surface area contributed by atoms with Gasteiger partial charge in [0.25, 0.3) is 0 Å². The number of fused-ring (bicyclic) bond motifs is 1. The molecule has 0 amide bonds. The Hall–Kier alpha value is -2.01. The van der Waals surface area contributed by atoms with Crippen LogP contribution >= 0.6 is 11.6 Å². The van der Waals surface area contributed by atoms with E-state index in [0.29, 0.717) is 21.5 Å². The van der Waals surface area contributed by atoms with Crippen LogP contribution in [0.1, 0.15) is 35.0 Å². The zero-order valence-electron chi connectivity index (χ0n) is 10.9. The standard InChI is InChI=1S/C14H14ClNO4/c1-2-7-5-9-8(3-4-11(17)18)13(14(19)20)16-12(9)10(15)6-7/h5-6,16H,2-4H2,1H3,(H,17,18)(H,19,20). The molecular weight excluding hydrogens is 282 g/mol. The quantitative estimate of drug-likeness (QED) is 0.790. The third-order valence-corrected chi connectivity index (χ3v) is 3.54. The summed E-state index contributed by atoms with van der Waals surface area (Å²) in [6.07, 6.45) is 0.795. The van der Waals surface area contributed by atoms with E-state index in [0.717, 1.165) is 12.0 Å². The molecule has 0 aliphatic heterocycles. The van der Waals surface area contributed by atoms with Crippen molar-refractivity contribution in [2.75, 3.05) is 0 Å².